The minimum atomic E-state index is -4.17. The summed E-state index contributed by atoms with van der Waals surface area (Å²) in [4.78, 5) is 14.9. The molecule has 0 fully saturated rings. The SMILES string of the molecule is COC[C@@H](NS(=O)(=O)c1ccc2c(Cl)cnc(NC(=N)N)c2c1)C(=O)O.Cl. The van der Waals surface area contributed by atoms with E-state index < -0.39 is 28.0 Å². The molecule has 0 saturated carbocycles. The predicted octanol–water partition coefficient (Wildman–Crippen LogP) is 0.993. The zero-order valence-electron chi connectivity index (χ0n) is 13.9. The highest BCUT2D eigenvalue weighted by Gasteiger charge is 2.26. The van der Waals surface area contributed by atoms with E-state index in [4.69, 9.17) is 32.6 Å². The number of aromatic nitrogens is 1. The summed E-state index contributed by atoms with van der Waals surface area (Å²) < 4.78 is 31.8. The minimum Gasteiger partial charge on any atom is -0.480 e. The van der Waals surface area contributed by atoms with Crippen LogP contribution in [0, 0.1) is 5.41 Å². The van der Waals surface area contributed by atoms with Gasteiger partial charge in [0, 0.05) is 24.1 Å². The lowest BCUT2D eigenvalue weighted by Crippen LogP contribution is -2.43. The quantitative estimate of drug-likeness (QED) is 0.315. The summed E-state index contributed by atoms with van der Waals surface area (Å²) in [6.45, 7) is -0.341. The van der Waals surface area contributed by atoms with E-state index in [1.54, 1.807) is 0 Å². The number of carboxylic acid groups (broad SMARTS) is 1. The molecule has 6 N–H and O–H groups in total. The molecule has 27 heavy (non-hydrogen) atoms. The molecule has 0 unspecified atom stereocenters. The number of anilines is 1. The Morgan fingerprint density at radius 2 is 2.11 bits per heavy atom. The van der Waals surface area contributed by atoms with Gasteiger partial charge in [-0.1, -0.05) is 17.7 Å². The summed E-state index contributed by atoms with van der Waals surface area (Å²) in [6, 6.07) is 2.53. The van der Waals surface area contributed by atoms with Crippen molar-refractivity contribution >= 4 is 62.6 Å². The number of carboxylic acids is 1. The lowest BCUT2D eigenvalue weighted by molar-refractivity contribution is -0.140. The van der Waals surface area contributed by atoms with Gasteiger partial charge < -0.3 is 20.9 Å². The fourth-order valence-corrected chi connectivity index (χ4v) is 3.57. The molecule has 0 radical (unpaired) electrons. The number of nitrogens with two attached hydrogens (primary N) is 1. The molecular formula is C14H17Cl2N5O5S. The first-order valence-corrected chi connectivity index (χ1v) is 8.95. The number of rotatable bonds is 7. The number of ether oxygens (including phenoxy) is 1. The van der Waals surface area contributed by atoms with Crippen molar-refractivity contribution in [2.24, 2.45) is 5.73 Å². The van der Waals surface area contributed by atoms with Crippen LogP contribution in [-0.2, 0) is 19.6 Å². The van der Waals surface area contributed by atoms with E-state index in [-0.39, 0.29) is 34.7 Å². The van der Waals surface area contributed by atoms with E-state index in [1.807, 2.05) is 0 Å². The number of nitrogens with zero attached hydrogens (tertiary/aromatic N) is 1. The van der Waals surface area contributed by atoms with Crippen molar-refractivity contribution < 1.29 is 23.1 Å². The number of fused-ring (bicyclic) bond motifs is 1. The second kappa shape index (κ2) is 9.15. The smallest absolute Gasteiger partial charge is 0.324 e. The van der Waals surface area contributed by atoms with E-state index in [0.29, 0.717) is 10.8 Å². The van der Waals surface area contributed by atoms with Crippen LogP contribution >= 0.6 is 24.0 Å². The number of guanidine groups is 1. The van der Waals surface area contributed by atoms with Gasteiger partial charge in [-0.3, -0.25) is 10.2 Å². The number of carbonyl (C=O) groups is 1. The third-order valence-electron chi connectivity index (χ3n) is 3.30. The van der Waals surface area contributed by atoms with Crippen LogP contribution in [0.1, 0.15) is 0 Å². The zero-order chi connectivity index (χ0) is 19.5. The number of pyridine rings is 1. The Kier molecular flexibility index (Phi) is 7.75. The van der Waals surface area contributed by atoms with Gasteiger partial charge in [-0.2, -0.15) is 4.72 Å². The lowest BCUT2D eigenvalue weighted by Gasteiger charge is -2.15. The maximum atomic E-state index is 12.5. The largest absolute Gasteiger partial charge is 0.480 e. The van der Waals surface area contributed by atoms with Gasteiger partial charge in [-0.05, 0) is 12.1 Å². The first-order chi connectivity index (χ1) is 12.2. The van der Waals surface area contributed by atoms with Gasteiger partial charge in [0.15, 0.2) is 5.96 Å². The summed E-state index contributed by atoms with van der Waals surface area (Å²) >= 11 is 6.06. The molecule has 0 aliphatic rings. The molecule has 0 aliphatic heterocycles. The van der Waals surface area contributed by atoms with Crippen molar-refractivity contribution in [3.8, 4) is 0 Å². The topological polar surface area (TPSA) is 167 Å². The van der Waals surface area contributed by atoms with Crippen molar-refractivity contribution in [2.75, 3.05) is 19.0 Å². The highest BCUT2D eigenvalue weighted by Crippen LogP contribution is 2.30. The number of halogens is 2. The van der Waals surface area contributed by atoms with Crippen LogP contribution in [0.25, 0.3) is 10.8 Å². The Hall–Kier alpha value is -2.18. The molecule has 2 aromatic rings. The first kappa shape index (κ1) is 22.9. The molecule has 0 spiro atoms. The molecule has 0 aliphatic carbocycles. The Balaban J connectivity index is 0.00000364. The average Bonchev–Trinajstić information content (AvgIpc) is 2.56. The van der Waals surface area contributed by atoms with Crippen LogP contribution in [0.2, 0.25) is 5.02 Å². The fraction of sp³-hybridized carbons (Fsp3) is 0.214. The number of methoxy groups -OCH3 is 1. The summed E-state index contributed by atoms with van der Waals surface area (Å²) in [5.41, 5.74) is 5.30. The molecular weight excluding hydrogens is 421 g/mol. The maximum absolute atomic E-state index is 12.5. The second-order valence-electron chi connectivity index (χ2n) is 5.17. The molecule has 0 amide bonds. The molecule has 148 valence electrons. The number of aliphatic carboxylic acids is 1. The first-order valence-electron chi connectivity index (χ1n) is 7.09. The van der Waals surface area contributed by atoms with Crippen LogP contribution in [0.3, 0.4) is 0 Å². The standard InChI is InChI=1S/C14H16ClN5O5S.ClH/c1-25-6-11(13(21)22)20-26(23,24)7-2-3-8-9(4-7)12(19-14(16)17)18-5-10(8)15;/h2-5,11,20H,6H2,1H3,(H,21,22)(H4,16,17,18,19);1H/t11-;/m1./s1. The van der Waals surface area contributed by atoms with E-state index in [1.165, 1.54) is 31.5 Å². The van der Waals surface area contributed by atoms with E-state index >= 15 is 0 Å². The van der Waals surface area contributed by atoms with Gasteiger partial charge in [0.25, 0.3) is 0 Å². The lowest BCUT2D eigenvalue weighted by atomic mass is 10.1. The molecule has 1 atom stereocenters. The monoisotopic (exact) mass is 437 g/mol. The second-order valence-corrected chi connectivity index (χ2v) is 7.29. The van der Waals surface area contributed by atoms with Crippen LogP contribution in [-0.4, -0.2) is 50.2 Å². The third kappa shape index (κ3) is 5.40. The zero-order valence-corrected chi connectivity index (χ0v) is 16.3. The van der Waals surface area contributed by atoms with E-state index in [9.17, 15) is 13.2 Å². The molecule has 1 aromatic heterocycles. The van der Waals surface area contributed by atoms with E-state index in [0.717, 1.165) is 0 Å². The van der Waals surface area contributed by atoms with Crippen LogP contribution in [0.4, 0.5) is 5.82 Å². The molecule has 1 heterocycles. The van der Waals surface area contributed by atoms with Crippen molar-refractivity contribution in [1.82, 2.24) is 9.71 Å². The van der Waals surface area contributed by atoms with Crippen molar-refractivity contribution in [1.29, 1.82) is 5.41 Å². The summed E-state index contributed by atoms with van der Waals surface area (Å²) in [5.74, 6) is -1.63. The minimum absolute atomic E-state index is 0. The molecule has 2 rings (SSSR count). The third-order valence-corrected chi connectivity index (χ3v) is 5.07. The average molecular weight is 438 g/mol. The number of nitrogens with one attached hydrogen (secondary N) is 3. The molecule has 0 bridgehead atoms. The highest BCUT2D eigenvalue weighted by atomic mass is 35.5. The Morgan fingerprint density at radius 1 is 1.44 bits per heavy atom. The highest BCUT2D eigenvalue weighted by molar-refractivity contribution is 7.89. The van der Waals surface area contributed by atoms with Gasteiger partial charge in [-0.15, -0.1) is 12.4 Å². The van der Waals surface area contributed by atoms with Gasteiger partial charge in [0.2, 0.25) is 10.0 Å². The summed E-state index contributed by atoms with van der Waals surface area (Å²) in [7, 11) is -2.91. The molecule has 13 heteroatoms. The number of benzene rings is 1. The maximum Gasteiger partial charge on any atom is 0.324 e. The molecule has 0 saturated heterocycles. The Bertz CT molecular complexity index is 970. The van der Waals surface area contributed by atoms with Gasteiger partial charge in [-0.25, -0.2) is 13.4 Å². The number of sulfonamides is 1. The number of hydrogen-bond acceptors (Lipinski definition) is 6. The van der Waals surface area contributed by atoms with Gasteiger partial charge >= 0.3 is 5.97 Å². The van der Waals surface area contributed by atoms with Crippen molar-refractivity contribution in [3.63, 3.8) is 0 Å². The van der Waals surface area contributed by atoms with E-state index in [2.05, 4.69) is 15.0 Å². The summed E-state index contributed by atoms with van der Waals surface area (Å²) in [6.07, 6.45) is 1.33. The van der Waals surface area contributed by atoms with Crippen LogP contribution < -0.4 is 15.8 Å². The Morgan fingerprint density at radius 3 is 2.67 bits per heavy atom. The summed E-state index contributed by atoms with van der Waals surface area (Å²) in [5, 5.41) is 19.9. The van der Waals surface area contributed by atoms with Gasteiger partial charge in [0.1, 0.15) is 11.9 Å². The fourth-order valence-electron chi connectivity index (χ4n) is 2.16. The number of hydrogen-bond donors (Lipinski definition) is 5. The van der Waals surface area contributed by atoms with Crippen LogP contribution in [0.5, 0.6) is 0 Å². The van der Waals surface area contributed by atoms with Crippen molar-refractivity contribution in [2.45, 2.75) is 10.9 Å². The van der Waals surface area contributed by atoms with Crippen LogP contribution in [0.15, 0.2) is 29.3 Å². The molecule has 1 aromatic carbocycles. The predicted molar refractivity (Wildman–Crippen MR) is 103 cm³/mol. The normalized spacial score (nSPS) is 12.2. The molecule has 10 nitrogen and oxygen atoms in total. The van der Waals surface area contributed by atoms with Crippen molar-refractivity contribution in [3.05, 3.63) is 29.4 Å². The Labute approximate surface area is 166 Å². The van der Waals surface area contributed by atoms with Gasteiger partial charge in [0.05, 0.1) is 16.5 Å².